The van der Waals surface area contributed by atoms with Gasteiger partial charge in [0.2, 0.25) is 0 Å². The van der Waals surface area contributed by atoms with Crippen LogP contribution in [0.2, 0.25) is 0 Å². The molecule has 0 radical (unpaired) electrons. The molecule has 84 valence electrons. The van der Waals surface area contributed by atoms with Crippen molar-refractivity contribution < 1.29 is 4.42 Å². The summed E-state index contributed by atoms with van der Waals surface area (Å²) in [6.45, 7) is 2.88. The van der Waals surface area contributed by atoms with Crippen molar-refractivity contribution in [2.45, 2.75) is 23.3 Å². The van der Waals surface area contributed by atoms with Gasteiger partial charge in [0, 0.05) is 11.4 Å². The van der Waals surface area contributed by atoms with Crippen LogP contribution in [0.15, 0.2) is 50.8 Å². The molecule has 0 aliphatic heterocycles. The number of benzene rings is 1. The average Bonchev–Trinajstić information content (AvgIpc) is 2.68. The number of nitrogens with one attached hydrogen (secondary N) is 1. The molecule has 0 atom stereocenters. The maximum Gasteiger partial charge on any atom is 0.114 e. The largest absolute Gasteiger partial charge is 0.468 e. The van der Waals surface area contributed by atoms with Crippen LogP contribution in [0.25, 0.3) is 0 Å². The van der Waals surface area contributed by atoms with Crippen molar-refractivity contribution in [2.24, 2.45) is 0 Å². The first-order valence-corrected chi connectivity index (χ1v) is 6.07. The standard InChI is InChI=1S/C13H15NOS/c1-10-12(7-8-15-10)16-13-6-4-3-5-11(13)9-14-2/h3-8,14H,9H2,1-2H3. The van der Waals surface area contributed by atoms with Crippen LogP contribution in [0.4, 0.5) is 0 Å². The van der Waals surface area contributed by atoms with Crippen LogP contribution in [-0.4, -0.2) is 7.05 Å². The fourth-order valence-corrected chi connectivity index (χ4v) is 2.51. The lowest BCUT2D eigenvalue weighted by molar-refractivity contribution is 0.527. The van der Waals surface area contributed by atoms with Crippen molar-refractivity contribution in [3.63, 3.8) is 0 Å². The Hall–Kier alpha value is -1.19. The number of aryl methyl sites for hydroxylation is 1. The first-order chi connectivity index (χ1) is 7.81. The number of hydrogen-bond donors (Lipinski definition) is 1. The Morgan fingerprint density at radius 3 is 2.69 bits per heavy atom. The Kier molecular flexibility index (Phi) is 3.70. The van der Waals surface area contributed by atoms with Gasteiger partial charge in [0.25, 0.3) is 0 Å². The van der Waals surface area contributed by atoms with E-state index in [-0.39, 0.29) is 0 Å². The van der Waals surface area contributed by atoms with Gasteiger partial charge in [-0.3, -0.25) is 0 Å². The third-order valence-corrected chi connectivity index (χ3v) is 3.63. The van der Waals surface area contributed by atoms with Crippen molar-refractivity contribution in [3.05, 3.63) is 47.9 Å². The monoisotopic (exact) mass is 233 g/mol. The van der Waals surface area contributed by atoms with Gasteiger partial charge in [-0.15, -0.1) is 0 Å². The molecule has 2 aromatic rings. The zero-order valence-electron chi connectivity index (χ0n) is 9.49. The molecular weight excluding hydrogens is 218 g/mol. The van der Waals surface area contributed by atoms with Gasteiger partial charge in [0.15, 0.2) is 0 Å². The maximum atomic E-state index is 5.30. The molecule has 0 aliphatic carbocycles. The molecule has 16 heavy (non-hydrogen) atoms. The molecule has 0 spiro atoms. The molecule has 0 fully saturated rings. The Morgan fingerprint density at radius 2 is 2.00 bits per heavy atom. The Morgan fingerprint density at radius 1 is 1.19 bits per heavy atom. The fourth-order valence-electron chi connectivity index (χ4n) is 1.54. The van der Waals surface area contributed by atoms with E-state index in [0.717, 1.165) is 12.3 Å². The third kappa shape index (κ3) is 2.49. The topological polar surface area (TPSA) is 25.2 Å². The molecular formula is C13H15NOS. The van der Waals surface area contributed by atoms with Crippen LogP contribution in [0.1, 0.15) is 11.3 Å². The Bertz CT molecular complexity index is 464. The summed E-state index contributed by atoms with van der Waals surface area (Å²) in [5.74, 6) is 0.976. The first-order valence-electron chi connectivity index (χ1n) is 5.25. The summed E-state index contributed by atoms with van der Waals surface area (Å²) in [5, 5.41) is 3.18. The minimum absolute atomic E-state index is 0.889. The highest BCUT2D eigenvalue weighted by Gasteiger charge is 2.06. The first kappa shape index (κ1) is 11.3. The van der Waals surface area contributed by atoms with Gasteiger partial charge >= 0.3 is 0 Å². The molecule has 0 saturated carbocycles. The summed E-state index contributed by atoms with van der Waals surface area (Å²) in [7, 11) is 1.96. The molecule has 1 heterocycles. The van der Waals surface area contributed by atoms with Crippen LogP contribution in [-0.2, 0) is 6.54 Å². The van der Waals surface area contributed by atoms with Gasteiger partial charge in [0.1, 0.15) is 5.76 Å². The minimum atomic E-state index is 0.889. The minimum Gasteiger partial charge on any atom is -0.468 e. The Labute approximate surface area is 100 Å². The molecule has 2 rings (SSSR count). The van der Waals surface area contributed by atoms with Crippen LogP contribution in [0.3, 0.4) is 0 Å². The summed E-state index contributed by atoms with van der Waals surface area (Å²) in [5.41, 5.74) is 1.32. The van der Waals surface area contributed by atoms with Crippen molar-refractivity contribution in [2.75, 3.05) is 7.05 Å². The normalized spacial score (nSPS) is 10.6. The van der Waals surface area contributed by atoms with Gasteiger partial charge in [0.05, 0.1) is 11.2 Å². The predicted octanol–water partition coefficient (Wildman–Crippen LogP) is 3.46. The lowest BCUT2D eigenvalue weighted by Crippen LogP contribution is -2.05. The second-order valence-electron chi connectivity index (χ2n) is 3.58. The molecule has 0 amide bonds. The molecule has 0 bridgehead atoms. The van der Waals surface area contributed by atoms with E-state index < -0.39 is 0 Å². The molecule has 0 aliphatic rings. The highest BCUT2D eigenvalue weighted by molar-refractivity contribution is 7.99. The summed E-state index contributed by atoms with van der Waals surface area (Å²) in [4.78, 5) is 2.46. The number of rotatable bonds is 4. The molecule has 2 nitrogen and oxygen atoms in total. The van der Waals surface area contributed by atoms with E-state index in [0.29, 0.717) is 0 Å². The lowest BCUT2D eigenvalue weighted by atomic mass is 10.2. The van der Waals surface area contributed by atoms with E-state index >= 15 is 0 Å². The Balaban J connectivity index is 2.24. The second kappa shape index (κ2) is 5.23. The van der Waals surface area contributed by atoms with Crippen molar-refractivity contribution in [1.29, 1.82) is 0 Å². The zero-order valence-corrected chi connectivity index (χ0v) is 10.3. The molecule has 0 unspecified atom stereocenters. The van der Waals surface area contributed by atoms with E-state index in [2.05, 4.69) is 29.6 Å². The van der Waals surface area contributed by atoms with E-state index in [4.69, 9.17) is 4.42 Å². The quantitative estimate of drug-likeness (QED) is 0.875. The van der Waals surface area contributed by atoms with Crippen LogP contribution in [0, 0.1) is 6.92 Å². The van der Waals surface area contributed by atoms with Crippen LogP contribution in [0.5, 0.6) is 0 Å². The molecule has 1 aromatic heterocycles. The summed E-state index contributed by atoms with van der Waals surface area (Å²) >= 11 is 1.75. The fraction of sp³-hybridized carbons (Fsp3) is 0.231. The second-order valence-corrected chi connectivity index (χ2v) is 4.66. The van der Waals surface area contributed by atoms with E-state index in [1.807, 2.05) is 20.0 Å². The summed E-state index contributed by atoms with van der Waals surface area (Å²) < 4.78 is 5.30. The number of furan rings is 1. The van der Waals surface area contributed by atoms with Crippen LogP contribution < -0.4 is 5.32 Å². The molecule has 3 heteroatoms. The van der Waals surface area contributed by atoms with E-state index in [9.17, 15) is 0 Å². The highest BCUT2D eigenvalue weighted by Crippen LogP contribution is 2.32. The average molecular weight is 233 g/mol. The van der Waals surface area contributed by atoms with E-state index in [1.54, 1.807) is 18.0 Å². The van der Waals surface area contributed by atoms with Crippen molar-refractivity contribution in [3.8, 4) is 0 Å². The van der Waals surface area contributed by atoms with Gasteiger partial charge in [-0.25, -0.2) is 0 Å². The smallest absolute Gasteiger partial charge is 0.114 e. The van der Waals surface area contributed by atoms with Crippen molar-refractivity contribution >= 4 is 11.8 Å². The maximum absolute atomic E-state index is 5.30. The number of hydrogen-bond acceptors (Lipinski definition) is 3. The highest BCUT2D eigenvalue weighted by atomic mass is 32.2. The summed E-state index contributed by atoms with van der Waals surface area (Å²) in [6, 6.07) is 10.4. The van der Waals surface area contributed by atoms with Crippen LogP contribution >= 0.6 is 11.8 Å². The van der Waals surface area contributed by atoms with Gasteiger partial charge < -0.3 is 9.73 Å². The lowest BCUT2D eigenvalue weighted by Gasteiger charge is -2.07. The third-order valence-electron chi connectivity index (χ3n) is 2.37. The SMILES string of the molecule is CNCc1ccccc1Sc1ccoc1C. The van der Waals surface area contributed by atoms with E-state index in [1.165, 1.54) is 15.4 Å². The van der Waals surface area contributed by atoms with Crippen molar-refractivity contribution in [1.82, 2.24) is 5.32 Å². The zero-order chi connectivity index (χ0) is 11.4. The van der Waals surface area contributed by atoms with Gasteiger partial charge in [-0.05, 0) is 31.7 Å². The van der Waals surface area contributed by atoms with Gasteiger partial charge in [-0.2, -0.15) is 0 Å². The predicted molar refractivity (Wildman–Crippen MR) is 66.8 cm³/mol. The van der Waals surface area contributed by atoms with Gasteiger partial charge in [-0.1, -0.05) is 30.0 Å². The molecule has 0 saturated heterocycles. The molecule has 1 aromatic carbocycles. The molecule has 1 N–H and O–H groups in total. The summed E-state index contributed by atoms with van der Waals surface area (Å²) in [6.07, 6.45) is 1.73.